The van der Waals surface area contributed by atoms with Crippen LogP contribution < -0.4 is 11.1 Å². The van der Waals surface area contributed by atoms with E-state index in [0.29, 0.717) is 5.56 Å². The van der Waals surface area contributed by atoms with Gasteiger partial charge in [-0.25, -0.2) is 8.78 Å². The molecule has 94 valence electrons. The summed E-state index contributed by atoms with van der Waals surface area (Å²) in [5, 5.41) is 10.9. The number of rotatable bonds is 6. The van der Waals surface area contributed by atoms with Gasteiger partial charge in [-0.05, 0) is 17.7 Å². The molecule has 0 aromatic heterocycles. The van der Waals surface area contributed by atoms with Gasteiger partial charge in [-0.3, -0.25) is 4.79 Å². The van der Waals surface area contributed by atoms with Gasteiger partial charge in [-0.15, -0.1) is 0 Å². The zero-order valence-electron chi connectivity index (χ0n) is 9.12. The molecule has 0 saturated heterocycles. The number of halogens is 2. The topological polar surface area (TPSA) is 75.4 Å². The molecule has 0 atom stereocenters. The smallest absolute Gasteiger partial charge is 0.282 e. The highest BCUT2D eigenvalue weighted by Gasteiger charge is 2.26. The number of alkyl halides is 2. The maximum atomic E-state index is 12.7. The molecule has 0 heterocycles. The van der Waals surface area contributed by atoms with Crippen molar-refractivity contribution in [2.45, 2.75) is 12.5 Å². The van der Waals surface area contributed by atoms with E-state index in [2.05, 4.69) is 5.32 Å². The van der Waals surface area contributed by atoms with E-state index in [0.717, 1.165) is 5.56 Å². The number of nitrogens with one attached hydrogen (secondary N) is 1. The first kappa shape index (κ1) is 13.5. The summed E-state index contributed by atoms with van der Waals surface area (Å²) in [6.45, 7) is -1.55. The number of carbonyl (C=O) groups excluding carboxylic acids is 1. The number of hydrogen-bond donors (Lipinski definition) is 3. The largest absolute Gasteiger partial charge is 0.390 e. The van der Waals surface area contributed by atoms with Crippen molar-refractivity contribution in [1.29, 1.82) is 0 Å². The number of primary amides is 1. The summed E-state index contributed by atoms with van der Waals surface area (Å²) in [4.78, 5) is 10.8. The number of aliphatic hydroxyl groups is 1. The van der Waals surface area contributed by atoms with Crippen LogP contribution >= 0.6 is 0 Å². The standard InChI is InChI=1S/C11H14F2N2O2/c12-11(13,7-16)6-15-5-8-1-3-9(4-2-8)10(14)17/h1-4,15-16H,5-7H2,(H2,14,17). The molecule has 0 spiro atoms. The predicted octanol–water partition coefficient (Wildman–Crippen LogP) is 0.503. The molecule has 0 aliphatic carbocycles. The second-order valence-corrected chi connectivity index (χ2v) is 3.68. The van der Waals surface area contributed by atoms with Crippen molar-refractivity contribution in [1.82, 2.24) is 5.32 Å². The fourth-order valence-electron chi connectivity index (χ4n) is 1.23. The van der Waals surface area contributed by atoms with Crippen LogP contribution in [0.2, 0.25) is 0 Å². The zero-order valence-corrected chi connectivity index (χ0v) is 9.12. The fourth-order valence-corrected chi connectivity index (χ4v) is 1.23. The first-order valence-electron chi connectivity index (χ1n) is 5.03. The zero-order chi connectivity index (χ0) is 12.9. The van der Waals surface area contributed by atoms with Gasteiger partial charge in [-0.1, -0.05) is 12.1 Å². The lowest BCUT2D eigenvalue weighted by atomic mass is 10.1. The third-order valence-electron chi connectivity index (χ3n) is 2.18. The van der Waals surface area contributed by atoms with Crippen molar-refractivity contribution in [3.8, 4) is 0 Å². The maximum absolute atomic E-state index is 12.7. The Bertz CT molecular complexity index is 380. The van der Waals surface area contributed by atoms with Crippen molar-refractivity contribution in [2.75, 3.05) is 13.2 Å². The van der Waals surface area contributed by atoms with E-state index < -0.39 is 25.0 Å². The van der Waals surface area contributed by atoms with Gasteiger partial charge in [0.05, 0.1) is 6.54 Å². The van der Waals surface area contributed by atoms with Gasteiger partial charge in [0.25, 0.3) is 5.92 Å². The first-order valence-corrected chi connectivity index (χ1v) is 5.03. The van der Waals surface area contributed by atoms with E-state index in [1.54, 1.807) is 12.1 Å². The number of carbonyl (C=O) groups is 1. The lowest BCUT2D eigenvalue weighted by Gasteiger charge is -2.13. The number of hydrogen-bond acceptors (Lipinski definition) is 3. The highest BCUT2D eigenvalue weighted by molar-refractivity contribution is 5.92. The molecule has 0 aliphatic rings. The highest BCUT2D eigenvalue weighted by Crippen LogP contribution is 2.10. The molecule has 1 aromatic carbocycles. The van der Waals surface area contributed by atoms with Crippen LogP contribution in [0, 0.1) is 0 Å². The molecule has 0 fully saturated rings. The summed E-state index contributed by atoms with van der Waals surface area (Å²) in [6.07, 6.45) is 0. The molecule has 17 heavy (non-hydrogen) atoms. The maximum Gasteiger partial charge on any atom is 0.282 e. The lowest BCUT2D eigenvalue weighted by molar-refractivity contribution is -0.0477. The van der Waals surface area contributed by atoms with Gasteiger partial charge in [0.1, 0.15) is 6.61 Å². The van der Waals surface area contributed by atoms with Gasteiger partial charge >= 0.3 is 0 Å². The normalized spacial score (nSPS) is 11.5. The Kier molecular flexibility index (Phi) is 4.53. The van der Waals surface area contributed by atoms with Crippen LogP contribution in [0.15, 0.2) is 24.3 Å². The second kappa shape index (κ2) is 5.70. The molecule has 1 aromatic rings. The Hall–Kier alpha value is -1.53. The highest BCUT2D eigenvalue weighted by atomic mass is 19.3. The molecule has 0 unspecified atom stereocenters. The van der Waals surface area contributed by atoms with E-state index in [4.69, 9.17) is 10.8 Å². The summed E-state index contributed by atoms with van der Waals surface area (Å²) in [5.74, 6) is -3.65. The quantitative estimate of drug-likeness (QED) is 0.682. The molecule has 0 radical (unpaired) electrons. The van der Waals surface area contributed by atoms with Gasteiger partial charge in [-0.2, -0.15) is 0 Å². The average molecular weight is 244 g/mol. The Balaban J connectivity index is 2.45. The number of nitrogens with two attached hydrogens (primary N) is 1. The van der Waals surface area contributed by atoms with E-state index in [9.17, 15) is 13.6 Å². The summed E-state index contributed by atoms with van der Waals surface area (Å²) < 4.78 is 25.3. The van der Waals surface area contributed by atoms with Gasteiger partial charge in [0, 0.05) is 12.1 Å². The van der Waals surface area contributed by atoms with Crippen LogP contribution in [-0.2, 0) is 6.54 Å². The van der Waals surface area contributed by atoms with Gasteiger partial charge in [0.2, 0.25) is 5.91 Å². The van der Waals surface area contributed by atoms with Crippen LogP contribution in [0.3, 0.4) is 0 Å². The Morgan fingerprint density at radius 2 is 1.94 bits per heavy atom. The van der Waals surface area contributed by atoms with Crippen molar-refractivity contribution < 1.29 is 18.7 Å². The molecule has 4 nitrogen and oxygen atoms in total. The third-order valence-corrected chi connectivity index (χ3v) is 2.18. The number of amides is 1. The molecule has 6 heteroatoms. The Morgan fingerprint density at radius 3 is 2.41 bits per heavy atom. The van der Waals surface area contributed by atoms with Crippen molar-refractivity contribution in [3.05, 3.63) is 35.4 Å². The molecular weight excluding hydrogens is 230 g/mol. The molecule has 0 saturated carbocycles. The fraction of sp³-hybridized carbons (Fsp3) is 0.364. The molecule has 0 bridgehead atoms. The molecule has 1 amide bonds. The summed E-state index contributed by atoms with van der Waals surface area (Å²) in [5.41, 5.74) is 6.18. The van der Waals surface area contributed by atoms with Crippen LogP contribution in [0.5, 0.6) is 0 Å². The minimum Gasteiger partial charge on any atom is -0.390 e. The summed E-state index contributed by atoms with van der Waals surface area (Å²) in [7, 11) is 0. The van der Waals surface area contributed by atoms with Crippen molar-refractivity contribution in [3.63, 3.8) is 0 Å². The third kappa shape index (κ3) is 4.46. The van der Waals surface area contributed by atoms with E-state index in [-0.39, 0.29) is 6.54 Å². The predicted molar refractivity (Wildman–Crippen MR) is 58.7 cm³/mol. The van der Waals surface area contributed by atoms with Gasteiger partial charge in [0.15, 0.2) is 0 Å². The lowest BCUT2D eigenvalue weighted by Crippen LogP contribution is -2.35. The first-order chi connectivity index (χ1) is 7.94. The Labute approximate surface area is 97.4 Å². The molecular formula is C11H14F2N2O2. The van der Waals surface area contributed by atoms with E-state index in [1.807, 2.05) is 0 Å². The summed E-state index contributed by atoms with van der Waals surface area (Å²) in [6, 6.07) is 6.32. The number of benzene rings is 1. The SMILES string of the molecule is NC(=O)c1ccc(CNCC(F)(F)CO)cc1. The molecule has 4 N–H and O–H groups in total. The second-order valence-electron chi connectivity index (χ2n) is 3.68. The molecule has 1 rings (SSSR count). The minimum atomic E-state index is -3.12. The number of aliphatic hydroxyl groups excluding tert-OH is 1. The monoisotopic (exact) mass is 244 g/mol. The minimum absolute atomic E-state index is 0.231. The van der Waals surface area contributed by atoms with Crippen molar-refractivity contribution in [2.24, 2.45) is 5.73 Å². The van der Waals surface area contributed by atoms with Gasteiger partial charge < -0.3 is 16.2 Å². The van der Waals surface area contributed by atoms with Crippen LogP contribution in [0.1, 0.15) is 15.9 Å². The van der Waals surface area contributed by atoms with Crippen LogP contribution in [0.25, 0.3) is 0 Å². The van der Waals surface area contributed by atoms with Crippen molar-refractivity contribution >= 4 is 5.91 Å². The van der Waals surface area contributed by atoms with Crippen LogP contribution in [-0.4, -0.2) is 30.1 Å². The summed E-state index contributed by atoms with van der Waals surface area (Å²) >= 11 is 0. The van der Waals surface area contributed by atoms with E-state index >= 15 is 0 Å². The van der Waals surface area contributed by atoms with E-state index in [1.165, 1.54) is 12.1 Å². The molecule has 0 aliphatic heterocycles. The average Bonchev–Trinajstić information content (AvgIpc) is 2.29. The Morgan fingerprint density at radius 1 is 1.35 bits per heavy atom. The van der Waals surface area contributed by atoms with Crippen LogP contribution in [0.4, 0.5) is 8.78 Å².